The molecule has 1 aliphatic carbocycles. The zero-order valence-electron chi connectivity index (χ0n) is 17.6. The van der Waals surface area contributed by atoms with Crippen LogP contribution in [0.1, 0.15) is 24.0 Å². The third-order valence-electron chi connectivity index (χ3n) is 5.27. The SMILES string of the molecule is CN=C(NCc1ccccc1OCCN(C)C)NCC1(c2ccccc2)CC1.I. The highest BCUT2D eigenvalue weighted by atomic mass is 127. The van der Waals surface area contributed by atoms with Crippen LogP contribution in [0.3, 0.4) is 0 Å². The topological polar surface area (TPSA) is 48.9 Å². The molecule has 0 aliphatic heterocycles. The Labute approximate surface area is 192 Å². The lowest BCUT2D eigenvalue weighted by atomic mass is 9.96. The van der Waals surface area contributed by atoms with Crippen molar-refractivity contribution in [1.29, 1.82) is 0 Å². The van der Waals surface area contributed by atoms with Gasteiger partial charge in [-0.2, -0.15) is 0 Å². The summed E-state index contributed by atoms with van der Waals surface area (Å²) < 4.78 is 5.95. The quantitative estimate of drug-likeness (QED) is 0.309. The Morgan fingerprint density at radius 1 is 1.03 bits per heavy atom. The van der Waals surface area contributed by atoms with E-state index in [9.17, 15) is 0 Å². The van der Waals surface area contributed by atoms with Crippen LogP contribution in [0, 0.1) is 0 Å². The molecule has 0 aromatic heterocycles. The number of aliphatic imine (C=N–C) groups is 1. The molecule has 1 saturated carbocycles. The largest absolute Gasteiger partial charge is 0.492 e. The van der Waals surface area contributed by atoms with E-state index in [4.69, 9.17) is 4.74 Å². The average Bonchev–Trinajstić information content (AvgIpc) is 3.51. The van der Waals surface area contributed by atoms with Gasteiger partial charge >= 0.3 is 0 Å². The Balaban J connectivity index is 0.00000300. The minimum atomic E-state index is 0. The van der Waals surface area contributed by atoms with Crippen LogP contribution in [0.2, 0.25) is 0 Å². The molecule has 0 radical (unpaired) electrons. The van der Waals surface area contributed by atoms with E-state index in [2.05, 4.69) is 71.0 Å². The molecule has 0 unspecified atom stereocenters. The van der Waals surface area contributed by atoms with Crippen LogP contribution in [0.15, 0.2) is 59.6 Å². The van der Waals surface area contributed by atoms with E-state index in [-0.39, 0.29) is 29.4 Å². The first-order valence-electron chi connectivity index (χ1n) is 9.98. The number of hydrogen-bond acceptors (Lipinski definition) is 3. The van der Waals surface area contributed by atoms with Crippen molar-refractivity contribution in [2.45, 2.75) is 24.8 Å². The molecule has 2 aromatic carbocycles. The second kappa shape index (κ2) is 11.4. The Hall–Kier alpha value is -1.80. The van der Waals surface area contributed by atoms with E-state index in [0.29, 0.717) is 13.2 Å². The van der Waals surface area contributed by atoms with Crippen molar-refractivity contribution in [2.24, 2.45) is 4.99 Å². The average molecular weight is 508 g/mol. The van der Waals surface area contributed by atoms with Crippen LogP contribution in [0.5, 0.6) is 5.75 Å². The van der Waals surface area contributed by atoms with Crippen LogP contribution in [-0.2, 0) is 12.0 Å². The summed E-state index contributed by atoms with van der Waals surface area (Å²) in [5, 5.41) is 6.94. The summed E-state index contributed by atoms with van der Waals surface area (Å²) in [5.41, 5.74) is 2.80. The number of para-hydroxylation sites is 1. The van der Waals surface area contributed by atoms with E-state index in [0.717, 1.165) is 30.4 Å². The molecule has 1 aliphatic rings. The summed E-state index contributed by atoms with van der Waals surface area (Å²) in [4.78, 5) is 6.51. The number of benzene rings is 2. The van der Waals surface area contributed by atoms with Gasteiger partial charge in [-0.25, -0.2) is 0 Å². The molecule has 5 nitrogen and oxygen atoms in total. The number of nitrogens with one attached hydrogen (secondary N) is 2. The number of likely N-dealkylation sites (N-methyl/N-ethyl adjacent to an activating group) is 1. The lowest BCUT2D eigenvalue weighted by Gasteiger charge is -2.20. The molecule has 0 amide bonds. The first kappa shape index (κ1) is 23.5. The summed E-state index contributed by atoms with van der Waals surface area (Å²) in [6.45, 7) is 3.15. The van der Waals surface area contributed by atoms with Crippen molar-refractivity contribution in [3.8, 4) is 5.75 Å². The normalized spacial score (nSPS) is 14.8. The minimum Gasteiger partial charge on any atom is -0.492 e. The Kier molecular flexibility index (Phi) is 9.23. The number of halogens is 1. The van der Waals surface area contributed by atoms with Crippen molar-refractivity contribution in [1.82, 2.24) is 15.5 Å². The standard InChI is InChI=1S/C23H32N4O.HI/c1-24-22(26-18-23(13-14-23)20-10-5-4-6-11-20)25-17-19-9-7-8-12-21(19)28-16-15-27(2)3;/h4-12H,13-18H2,1-3H3,(H2,24,25,26);1H. The van der Waals surface area contributed by atoms with E-state index >= 15 is 0 Å². The van der Waals surface area contributed by atoms with Crippen LogP contribution >= 0.6 is 24.0 Å². The second-order valence-electron chi connectivity index (χ2n) is 7.69. The third kappa shape index (κ3) is 6.89. The van der Waals surface area contributed by atoms with E-state index in [1.165, 1.54) is 18.4 Å². The van der Waals surface area contributed by atoms with Crippen molar-refractivity contribution < 1.29 is 4.74 Å². The third-order valence-corrected chi connectivity index (χ3v) is 5.27. The zero-order valence-corrected chi connectivity index (χ0v) is 20.0. The highest BCUT2D eigenvalue weighted by molar-refractivity contribution is 14.0. The lowest BCUT2D eigenvalue weighted by molar-refractivity contribution is 0.259. The summed E-state index contributed by atoms with van der Waals surface area (Å²) in [6.07, 6.45) is 2.45. The van der Waals surface area contributed by atoms with E-state index in [1.807, 2.05) is 25.2 Å². The van der Waals surface area contributed by atoms with Gasteiger partial charge in [0.2, 0.25) is 0 Å². The molecule has 2 N–H and O–H groups in total. The maximum absolute atomic E-state index is 5.95. The van der Waals surface area contributed by atoms with Gasteiger partial charge in [-0.05, 0) is 38.6 Å². The first-order chi connectivity index (χ1) is 13.6. The highest BCUT2D eigenvalue weighted by Crippen LogP contribution is 2.47. The van der Waals surface area contributed by atoms with Gasteiger partial charge in [0.25, 0.3) is 0 Å². The summed E-state index contributed by atoms with van der Waals surface area (Å²) >= 11 is 0. The van der Waals surface area contributed by atoms with Crippen LogP contribution in [0.4, 0.5) is 0 Å². The molecule has 0 bridgehead atoms. The van der Waals surface area contributed by atoms with Gasteiger partial charge < -0.3 is 20.3 Å². The maximum atomic E-state index is 5.95. The van der Waals surface area contributed by atoms with Gasteiger partial charge in [0.1, 0.15) is 12.4 Å². The summed E-state index contributed by atoms with van der Waals surface area (Å²) in [6, 6.07) is 18.9. The molecule has 2 aromatic rings. The molecular formula is C23H33IN4O. The molecule has 6 heteroatoms. The minimum absolute atomic E-state index is 0. The predicted molar refractivity (Wildman–Crippen MR) is 131 cm³/mol. The number of hydrogen-bond donors (Lipinski definition) is 2. The van der Waals surface area contributed by atoms with Crippen molar-refractivity contribution in [3.05, 3.63) is 65.7 Å². The highest BCUT2D eigenvalue weighted by Gasteiger charge is 2.43. The Morgan fingerprint density at radius 2 is 1.72 bits per heavy atom. The molecule has 1 fully saturated rings. The lowest BCUT2D eigenvalue weighted by Crippen LogP contribution is -2.41. The van der Waals surface area contributed by atoms with Gasteiger partial charge in [-0.15, -0.1) is 24.0 Å². The smallest absolute Gasteiger partial charge is 0.191 e. The summed E-state index contributed by atoms with van der Waals surface area (Å²) in [5.74, 6) is 1.75. The van der Waals surface area contributed by atoms with Gasteiger partial charge in [-0.1, -0.05) is 48.5 Å². The summed E-state index contributed by atoms with van der Waals surface area (Å²) in [7, 11) is 5.92. The zero-order chi connectivity index (χ0) is 19.8. The van der Waals surface area contributed by atoms with E-state index < -0.39 is 0 Å². The van der Waals surface area contributed by atoms with Gasteiger partial charge in [-0.3, -0.25) is 4.99 Å². The molecule has 0 saturated heterocycles. The van der Waals surface area contributed by atoms with Gasteiger partial charge in [0.15, 0.2) is 5.96 Å². The maximum Gasteiger partial charge on any atom is 0.191 e. The fourth-order valence-electron chi connectivity index (χ4n) is 3.29. The molecule has 0 spiro atoms. The number of guanidine groups is 1. The van der Waals surface area contributed by atoms with Crippen LogP contribution in [-0.4, -0.2) is 51.7 Å². The van der Waals surface area contributed by atoms with E-state index in [1.54, 1.807) is 0 Å². The van der Waals surface area contributed by atoms with Gasteiger partial charge in [0, 0.05) is 37.7 Å². The number of ether oxygens (including phenoxy) is 1. The molecule has 158 valence electrons. The van der Waals surface area contributed by atoms with Gasteiger partial charge in [0.05, 0.1) is 0 Å². The number of nitrogens with zero attached hydrogens (tertiary/aromatic N) is 2. The Bertz CT molecular complexity index is 775. The molecular weight excluding hydrogens is 475 g/mol. The molecule has 29 heavy (non-hydrogen) atoms. The monoisotopic (exact) mass is 508 g/mol. The Morgan fingerprint density at radius 3 is 2.38 bits per heavy atom. The molecule has 0 heterocycles. The van der Waals surface area contributed by atoms with Crippen molar-refractivity contribution in [3.63, 3.8) is 0 Å². The van der Waals surface area contributed by atoms with Crippen LogP contribution < -0.4 is 15.4 Å². The second-order valence-corrected chi connectivity index (χ2v) is 7.69. The van der Waals surface area contributed by atoms with Crippen LogP contribution in [0.25, 0.3) is 0 Å². The van der Waals surface area contributed by atoms with Crippen molar-refractivity contribution >= 4 is 29.9 Å². The molecule has 0 atom stereocenters. The predicted octanol–water partition coefficient (Wildman–Crippen LogP) is 3.64. The fourth-order valence-corrected chi connectivity index (χ4v) is 3.29. The molecule has 3 rings (SSSR count). The van der Waals surface area contributed by atoms with Crippen molar-refractivity contribution in [2.75, 3.05) is 40.8 Å². The first-order valence-corrected chi connectivity index (χ1v) is 9.98. The fraction of sp³-hybridized carbons (Fsp3) is 0.435. The number of rotatable bonds is 9.